The SMILES string of the molecule is CCc1nc(CCNC2=NCC3CN(C(=O)OC(C)(C)C)CCN23)sc1C. The Morgan fingerprint density at radius 1 is 1.37 bits per heavy atom. The van der Waals surface area contributed by atoms with E-state index in [2.05, 4.69) is 29.1 Å². The fourth-order valence-electron chi connectivity index (χ4n) is 3.43. The topological polar surface area (TPSA) is 70.1 Å². The van der Waals surface area contributed by atoms with Crippen molar-refractivity contribution in [3.8, 4) is 0 Å². The second kappa shape index (κ2) is 8.04. The van der Waals surface area contributed by atoms with E-state index in [1.807, 2.05) is 20.8 Å². The maximum atomic E-state index is 12.3. The second-order valence-corrected chi connectivity index (χ2v) is 9.37. The molecule has 0 saturated carbocycles. The fraction of sp³-hybridized carbons (Fsp3) is 0.737. The molecule has 0 radical (unpaired) electrons. The van der Waals surface area contributed by atoms with E-state index in [0.717, 1.165) is 38.4 Å². The molecule has 2 aliphatic rings. The van der Waals surface area contributed by atoms with Gasteiger partial charge in [0.1, 0.15) is 5.60 Å². The predicted octanol–water partition coefficient (Wildman–Crippen LogP) is 2.44. The summed E-state index contributed by atoms with van der Waals surface area (Å²) in [6, 6.07) is 0.238. The molecule has 0 aliphatic carbocycles. The third-order valence-electron chi connectivity index (χ3n) is 4.75. The quantitative estimate of drug-likeness (QED) is 0.851. The number of aryl methyl sites for hydroxylation is 2. The van der Waals surface area contributed by atoms with Crippen molar-refractivity contribution in [1.29, 1.82) is 0 Å². The van der Waals surface area contributed by atoms with Gasteiger partial charge >= 0.3 is 6.09 Å². The smallest absolute Gasteiger partial charge is 0.410 e. The molecule has 1 atom stereocenters. The number of ether oxygens (including phenoxy) is 1. The van der Waals surface area contributed by atoms with E-state index in [-0.39, 0.29) is 12.1 Å². The van der Waals surface area contributed by atoms with Crippen molar-refractivity contribution in [2.45, 2.75) is 59.1 Å². The van der Waals surface area contributed by atoms with E-state index >= 15 is 0 Å². The lowest BCUT2D eigenvalue weighted by Crippen LogP contribution is -2.57. The number of nitrogens with one attached hydrogen (secondary N) is 1. The number of rotatable bonds is 4. The van der Waals surface area contributed by atoms with E-state index < -0.39 is 5.60 Å². The first-order valence-electron chi connectivity index (χ1n) is 9.75. The van der Waals surface area contributed by atoms with Crippen LogP contribution in [0.25, 0.3) is 0 Å². The van der Waals surface area contributed by atoms with E-state index in [0.29, 0.717) is 13.1 Å². The molecule has 3 heterocycles. The summed E-state index contributed by atoms with van der Waals surface area (Å²) in [6.45, 7) is 13.6. The molecule has 1 amide bonds. The number of hydrogen-bond donors (Lipinski definition) is 1. The third kappa shape index (κ3) is 4.91. The van der Waals surface area contributed by atoms with Crippen molar-refractivity contribution in [1.82, 2.24) is 20.1 Å². The number of nitrogens with zero attached hydrogens (tertiary/aromatic N) is 4. The Balaban J connectivity index is 1.46. The van der Waals surface area contributed by atoms with Crippen LogP contribution in [-0.4, -0.2) is 71.2 Å². The molecule has 1 saturated heterocycles. The number of aliphatic imine (C=N–C) groups is 1. The van der Waals surface area contributed by atoms with E-state index in [9.17, 15) is 4.79 Å². The van der Waals surface area contributed by atoms with Gasteiger partial charge in [-0.1, -0.05) is 6.92 Å². The summed E-state index contributed by atoms with van der Waals surface area (Å²) in [4.78, 5) is 27.1. The normalized spacial score (nSPS) is 19.7. The Labute approximate surface area is 165 Å². The third-order valence-corrected chi connectivity index (χ3v) is 5.82. The zero-order valence-corrected chi connectivity index (χ0v) is 17.9. The second-order valence-electron chi connectivity index (χ2n) is 8.08. The lowest BCUT2D eigenvalue weighted by atomic mass is 10.2. The monoisotopic (exact) mass is 393 g/mol. The Morgan fingerprint density at radius 2 is 2.15 bits per heavy atom. The Hall–Kier alpha value is -1.83. The minimum atomic E-state index is -0.459. The first kappa shape index (κ1) is 19.9. The number of amides is 1. The van der Waals surface area contributed by atoms with Gasteiger partial charge in [-0.2, -0.15) is 0 Å². The number of thiazole rings is 1. The highest BCUT2D eigenvalue weighted by molar-refractivity contribution is 7.11. The molecule has 150 valence electrons. The number of guanidine groups is 1. The summed E-state index contributed by atoms with van der Waals surface area (Å²) < 4.78 is 5.50. The summed E-state index contributed by atoms with van der Waals surface area (Å²) in [5, 5.41) is 4.65. The molecule has 3 rings (SSSR count). The molecule has 2 aliphatic heterocycles. The highest BCUT2D eigenvalue weighted by Crippen LogP contribution is 2.20. The Morgan fingerprint density at radius 3 is 2.81 bits per heavy atom. The van der Waals surface area contributed by atoms with Crippen molar-refractivity contribution in [3.05, 3.63) is 15.6 Å². The minimum absolute atomic E-state index is 0.227. The van der Waals surface area contributed by atoms with E-state index in [1.54, 1.807) is 16.2 Å². The van der Waals surface area contributed by atoms with Crippen LogP contribution in [0.3, 0.4) is 0 Å². The fourth-order valence-corrected chi connectivity index (χ4v) is 4.45. The summed E-state index contributed by atoms with van der Waals surface area (Å²) in [5.41, 5.74) is 0.755. The number of carbonyl (C=O) groups is 1. The lowest BCUT2D eigenvalue weighted by molar-refractivity contribution is 0.0137. The average molecular weight is 394 g/mol. The van der Waals surface area contributed by atoms with Gasteiger partial charge in [-0.3, -0.25) is 4.99 Å². The van der Waals surface area contributed by atoms with Crippen LogP contribution >= 0.6 is 11.3 Å². The average Bonchev–Trinajstić information content (AvgIpc) is 3.16. The van der Waals surface area contributed by atoms with Gasteiger partial charge in [-0.05, 0) is 34.1 Å². The maximum absolute atomic E-state index is 12.3. The molecule has 1 aromatic heterocycles. The molecule has 7 nitrogen and oxygen atoms in total. The molecule has 1 unspecified atom stereocenters. The van der Waals surface area contributed by atoms with Crippen LogP contribution in [0, 0.1) is 6.92 Å². The van der Waals surface area contributed by atoms with Crippen LogP contribution in [0.5, 0.6) is 0 Å². The standard InChI is InChI=1S/C19H31N5O2S/c1-6-15-13(2)27-16(22-15)7-8-20-17-21-11-14-12-23(9-10-24(14)17)18(25)26-19(3,4)5/h14H,6-12H2,1-5H3,(H,20,21). The van der Waals surface area contributed by atoms with Gasteiger partial charge in [0.2, 0.25) is 0 Å². The van der Waals surface area contributed by atoms with Gasteiger partial charge in [0.15, 0.2) is 5.96 Å². The van der Waals surface area contributed by atoms with Crippen molar-refractivity contribution >= 4 is 23.4 Å². The molecule has 1 fully saturated rings. The zero-order chi connectivity index (χ0) is 19.6. The number of piperazine rings is 1. The molecule has 8 heteroatoms. The van der Waals surface area contributed by atoms with Crippen molar-refractivity contribution in [3.63, 3.8) is 0 Å². The first-order valence-corrected chi connectivity index (χ1v) is 10.6. The van der Waals surface area contributed by atoms with Crippen molar-refractivity contribution in [2.24, 2.45) is 4.99 Å². The predicted molar refractivity (Wildman–Crippen MR) is 109 cm³/mol. The van der Waals surface area contributed by atoms with E-state index in [1.165, 1.54) is 15.6 Å². The van der Waals surface area contributed by atoms with Gasteiger partial charge in [0, 0.05) is 37.5 Å². The molecular formula is C19H31N5O2S. The highest BCUT2D eigenvalue weighted by atomic mass is 32.1. The lowest BCUT2D eigenvalue weighted by Gasteiger charge is -2.39. The van der Waals surface area contributed by atoms with Gasteiger partial charge in [0.05, 0.1) is 23.3 Å². The number of aromatic nitrogens is 1. The molecule has 1 aromatic rings. The Bertz CT molecular complexity index is 709. The van der Waals surface area contributed by atoms with Gasteiger partial charge in [-0.25, -0.2) is 9.78 Å². The summed E-state index contributed by atoms with van der Waals surface area (Å²) in [6.07, 6.45) is 1.67. The van der Waals surface area contributed by atoms with Crippen molar-refractivity contribution < 1.29 is 9.53 Å². The number of carbonyl (C=O) groups excluding carboxylic acids is 1. The number of hydrogen-bond acceptors (Lipinski definition) is 7. The van der Waals surface area contributed by atoms with Crippen LogP contribution in [0.4, 0.5) is 4.79 Å². The van der Waals surface area contributed by atoms with Gasteiger partial charge in [0.25, 0.3) is 0 Å². The van der Waals surface area contributed by atoms with Crippen LogP contribution in [0.2, 0.25) is 0 Å². The molecule has 27 heavy (non-hydrogen) atoms. The first-order chi connectivity index (χ1) is 12.8. The molecule has 0 bridgehead atoms. The van der Waals surface area contributed by atoms with Crippen LogP contribution in [0.15, 0.2) is 4.99 Å². The summed E-state index contributed by atoms with van der Waals surface area (Å²) in [5.74, 6) is 0.952. The summed E-state index contributed by atoms with van der Waals surface area (Å²) >= 11 is 1.79. The van der Waals surface area contributed by atoms with Crippen molar-refractivity contribution in [2.75, 3.05) is 32.7 Å². The highest BCUT2D eigenvalue weighted by Gasteiger charge is 2.36. The Kier molecular flexibility index (Phi) is 5.93. The molecule has 1 N–H and O–H groups in total. The number of fused-ring (bicyclic) bond motifs is 1. The van der Waals surface area contributed by atoms with Gasteiger partial charge in [-0.15, -0.1) is 11.3 Å². The molecule has 0 spiro atoms. The zero-order valence-electron chi connectivity index (χ0n) is 17.0. The molecular weight excluding hydrogens is 362 g/mol. The molecule has 0 aromatic carbocycles. The largest absolute Gasteiger partial charge is 0.444 e. The maximum Gasteiger partial charge on any atom is 0.410 e. The van der Waals surface area contributed by atoms with Gasteiger partial charge < -0.3 is 19.9 Å². The minimum Gasteiger partial charge on any atom is -0.444 e. The van der Waals surface area contributed by atoms with E-state index in [4.69, 9.17) is 9.72 Å². The summed E-state index contributed by atoms with van der Waals surface area (Å²) in [7, 11) is 0. The van der Waals surface area contributed by atoms with Crippen LogP contribution in [-0.2, 0) is 17.6 Å². The van der Waals surface area contributed by atoms with Crippen LogP contribution < -0.4 is 5.32 Å². The van der Waals surface area contributed by atoms with Crippen LogP contribution in [0.1, 0.15) is 43.3 Å².